The molecule has 1 saturated heterocycles. The van der Waals surface area contributed by atoms with Gasteiger partial charge in [-0.05, 0) is 66.9 Å². The standard InChI is InChI=1S/C24H25N5O2/c1-16-5-8-18(9-6-16)24(30)28(15-21-4-3-11-31-21)14-20-13-19-10-7-17(2)12-22(19)29-23(20)25-26-27-29/h5-10,12-13,21H,3-4,11,14-15H2,1-2H3/t21-/m0/s1. The summed E-state index contributed by atoms with van der Waals surface area (Å²) in [5.74, 6) is -0.00914. The zero-order chi connectivity index (χ0) is 21.4. The zero-order valence-corrected chi connectivity index (χ0v) is 17.8. The van der Waals surface area contributed by atoms with Gasteiger partial charge in [-0.1, -0.05) is 29.8 Å². The van der Waals surface area contributed by atoms with E-state index in [4.69, 9.17) is 4.74 Å². The smallest absolute Gasteiger partial charge is 0.254 e. The highest BCUT2D eigenvalue weighted by atomic mass is 16.5. The molecule has 1 atom stereocenters. The molecule has 0 saturated carbocycles. The van der Waals surface area contributed by atoms with E-state index >= 15 is 0 Å². The Kier molecular flexibility index (Phi) is 5.11. The van der Waals surface area contributed by atoms with Crippen molar-refractivity contribution in [2.24, 2.45) is 0 Å². The lowest BCUT2D eigenvalue weighted by atomic mass is 10.1. The van der Waals surface area contributed by atoms with Crippen molar-refractivity contribution >= 4 is 22.5 Å². The first-order valence-electron chi connectivity index (χ1n) is 10.7. The summed E-state index contributed by atoms with van der Waals surface area (Å²) in [4.78, 5) is 15.3. The lowest BCUT2D eigenvalue weighted by molar-refractivity contribution is 0.0508. The van der Waals surface area contributed by atoms with Gasteiger partial charge in [0, 0.05) is 36.2 Å². The molecular formula is C24H25N5O2. The van der Waals surface area contributed by atoms with Crippen LogP contribution in [0, 0.1) is 13.8 Å². The minimum Gasteiger partial charge on any atom is -0.376 e. The Morgan fingerprint density at radius 3 is 2.71 bits per heavy atom. The van der Waals surface area contributed by atoms with Crippen LogP contribution in [0.15, 0.2) is 48.5 Å². The summed E-state index contributed by atoms with van der Waals surface area (Å²) in [6.45, 7) is 5.79. The second-order valence-electron chi connectivity index (χ2n) is 8.33. The van der Waals surface area contributed by atoms with Crippen molar-refractivity contribution in [3.63, 3.8) is 0 Å². The van der Waals surface area contributed by atoms with Crippen molar-refractivity contribution in [1.82, 2.24) is 24.9 Å². The Bertz CT molecular complexity index is 1240. The van der Waals surface area contributed by atoms with E-state index in [2.05, 4.69) is 39.8 Å². The van der Waals surface area contributed by atoms with Gasteiger partial charge in [-0.15, -0.1) is 5.10 Å². The normalized spacial score (nSPS) is 16.3. The summed E-state index contributed by atoms with van der Waals surface area (Å²) in [6.07, 6.45) is 2.06. The van der Waals surface area contributed by atoms with Crippen LogP contribution in [-0.2, 0) is 11.3 Å². The maximum absolute atomic E-state index is 13.4. The lowest BCUT2D eigenvalue weighted by Crippen LogP contribution is -2.37. The first-order valence-corrected chi connectivity index (χ1v) is 10.7. The second kappa shape index (κ2) is 8.07. The van der Waals surface area contributed by atoms with Crippen molar-refractivity contribution in [1.29, 1.82) is 0 Å². The minimum absolute atomic E-state index is 0.00914. The molecule has 0 unspecified atom stereocenters. The molecule has 0 bridgehead atoms. The molecule has 31 heavy (non-hydrogen) atoms. The third-order valence-electron chi connectivity index (χ3n) is 5.90. The van der Waals surface area contributed by atoms with Gasteiger partial charge in [-0.25, -0.2) is 0 Å². The number of amides is 1. The van der Waals surface area contributed by atoms with Crippen LogP contribution in [0.4, 0.5) is 0 Å². The number of benzene rings is 2. The first kappa shape index (κ1) is 19.6. The SMILES string of the molecule is Cc1ccc(C(=O)N(Cc2cc3ccc(C)cc3n3nnnc23)C[C@@H]2CCCO2)cc1. The first-order chi connectivity index (χ1) is 15.1. The van der Waals surface area contributed by atoms with E-state index in [9.17, 15) is 4.79 Å². The number of fused-ring (bicyclic) bond motifs is 3. The van der Waals surface area contributed by atoms with Gasteiger partial charge in [0.25, 0.3) is 5.91 Å². The van der Waals surface area contributed by atoms with E-state index < -0.39 is 0 Å². The maximum Gasteiger partial charge on any atom is 0.254 e. The van der Waals surface area contributed by atoms with Crippen LogP contribution >= 0.6 is 0 Å². The van der Waals surface area contributed by atoms with Crippen molar-refractivity contribution in [3.05, 3.63) is 70.8 Å². The molecule has 2 aromatic carbocycles. The van der Waals surface area contributed by atoms with Crippen molar-refractivity contribution in [2.45, 2.75) is 39.3 Å². The number of nitrogens with zero attached hydrogens (tertiary/aromatic N) is 5. The van der Waals surface area contributed by atoms with Crippen LogP contribution in [0.25, 0.3) is 16.6 Å². The molecule has 1 aliphatic heterocycles. The topological polar surface area (TPSA) is 72.6 Å². The quantitative estimate of drug-likeness (QED) is 0.497. The number of tetrazole rings is 1. The summed E-state index contributed by atoms with van der Waals surface area (Å²) in [5.41, 5.74) is 5.50. The number of rotatable bonds is 5. The van der Waals surface area contributed by atoms with Crippen LogP contribution in [0.2, 0.25) is 0 Å². The number of ether oxygens (including phenoxy) is 1. The molecule has 4 aromatic rings. The van der Waals surface area contributed by atoms with Gasteiger partial charge in [-0.2, -0.15) is 4.52 Å². The highest BCUT2D eigenvalue weighted by molar-refractivity contribution is 5.94. The predicted octanol–water partition coefficient (Wildman–Crippen LogP) is 3.72. The van der Waals surface area contributed by atoms with Gasteiger partial charge in [0.1, 0.15) is 0 Å². The Hall–Kier alpha value is -3.32. The van der Waals surface area contributed by atoms with Gasteiger partial charge >= 0.3 is 0 Å². The monoisotopic (exact) mass is 415 g/mol. The Morgan fingerprint density at radius 1 is 1.13 bits per heavy atom. The average molecular weight is 415 g/mol. The molecule has 0 radical (unpaired) electrons. The van der Waals surface area contributed by atoms with Crippen LogP contribution in [0.3, 0.4) is 0 Å². The van der Waals surface area contributed by atoms with Crippen molar-refractivity contribution in [3.8, 4) is 0 Å². The van der Waals surface area contributed by atoms with Crippen LogP contribution < -0.4 is 0 Å². The number of aryl methyl sites for hydroxylation is 2. The van der Waals surface area contributed by atoms with Gasteiger partial charge < -0.3 is 9.64 Å². The molecule has 0 N–H and O–H groups in total. The molecule has 158 valence electrons. The highest BCUT2D eigenvalue weighted by Gasteiger charge is 2.25. The average Bonchev–Trinajstić information content (AvgIpc) is 3.46. The Morgan fingerprint density at radius 2 is 1.94 bits per heavy atom. The van der Waals surface area contributed by atoms with E-state index in [0.29, 0.717) is 24.3 Å². The fourth-order valence-corrected chi connectivity index (χ4v) is 4.22. The summed E-state index contributed by atoms with van der Waals surface area (Å²) in [7, 11) is 0. The largest absolute Gasteiger partial charge is 0.376 e. The van der Waals surface area contributed by atoms with Gasteiger partial charge in [0.05, 0.1) is 11.6 Å². The Balaban J connectivity index is 1.54. The fraction of sp³-hybridized carbons (Fsp3) is 0.333. The van der Waals surface area contributed by atoms with E-state index in [1.54, 1.807) is 4.52 Å². The summed E-state index contributed by atoms with van der Waals surface area (Å²) in [5, 5.41) is 13.4. The molecule has 7 heteroatoms. The zero-order valence-electron chi connectivity index (χ0n) is 17.8. The number of carbonyl (C=O) groups excluding carboxylic acids is 1. The second-order valence-corrected chi connectivity index (χ2v) is 8.33. The molecule has 2 aromatic heterocycles. The van der Waals surface area contributed by atoms with Gasteiger partial charge in [-0.3, -0.25) is 4.79 Å². The number of hydrogen-bond acceptors (Lipinski definition) is 5. The predicted molar refractivity (Wildman–Crippen MR) is 118 cm³/mol. The fourth-order valence-electron chi connectivity index (χ4n) is 4.22. The van der Waals surface area contributed by atoms with Crippen molar-refractivity contribution < 1.29 is 9.53 Å². The van der Waals surface area contributed by atoms with E-state index in [1.807, 2.05) is 43.0 Å². The number of hydrogen-bond donors (Lipinski definition) is 0. The van der Waals surface area contributed by atoms with Crippen LogP contribution in [0.5, 0.6) is 0 Å². The number of carbonyl (C=O) groups is 1. The minimum atomic E-state index is -0.00914. The third kappa shape index (κ3) is 3.88. The molecule has 1 fully saturated rings. The molecular weight excluding hydrogens is 390 g/mol. The van der Waals surface area contributed by atoms with E-state index in [1.165, 1.54) is 0 Å². The van der Waals surface area contributed by atoms with Gasteiger partial charge in [0.2, 0.25) is 0 Å². The van der Waals surface area contributed by atoms with Crippen LogP contribution in [-0.4, -0.2) is 50.1 Å². The van der Waals surface area contributed by atoms with Crippen molar-refractivity contribution in [2.75, 3.05) is 13.2 Å². The molecule has 7 nitrogen and oxygen atoms in total. The molecule has 0 aliphatic carbocycles. The number of aromatic nitrogens is 4. The third-order valence-corrected chi connectivity index (χ3v) is 5.90. The van der Waals surface area contributed by atoms with E-state index in [0.717, 1.165) is 47.0 Å². The summed E-state index contributed by atoms with van der Waals surface area (Å²) >= 11 is 0. The van der Waals surface area contributed by atoms with Crippen LogP contribution in [0.1, 0.15) is 39.9 Å². The molecule has 5 rings (SSSR count). The highest BCUT2D eigenvalue weighted by Crippen LogP contribution is 2.23. The number of pyridine rings is 1. The van der Waals surface area contributed by atoms with E-state index in [-0.39, 0.29) is 12.0 Å². The molecule has 3 heterocycles. The maximum atomic E-state index is 13.4. The summed E-state index contributed by atoms with van der Waals surface area (Å²) in [6, 6.07) is 16.0. The lowest BCUT2D eigenvalue weighted by Gasteiger charge is -2.26. The molecule has 1 aliphatic rings. The molecule has 1 amide bonds. The Labute approximate surface area is 180 Å². The summed E-state index contributed by atoms with van der Waals surface area (Å²) < 4.78 is 7.60. The van der Waals surface area contributed by atoms with Gasteiger partial charge in [0.15, 0.2) is 5.65 Å². The molecule has 0 spiro atoms.